The highest BCUT2D eigenvalue weighted by Crippen LogP contribution is 2.24. The monoisotopic (exact) mass is 297 g/mol. The fourth-order valence-electron chi connectivity index (χ4n) is 2.46. The molecule has 1 saturated heterocycles. The second-order valence-electron chi connectivity index (χ2n) is 5.04. The van der Waals surface area contributed by atoms with Gasteiger partial charge in [0.05, 0.1) is 10.8 Å². The van der Waals surface area contributed by atoms with Gasteiger partial charge in [0, 0.05) is 19.8 Å². The van der Waals surface area contributed by atoms with Crippen LogP contribution in [0.5, 0.6) is 0 Å². The summed E-state index contributed by atoms with van der Waals surface area (Å²) in [7, 11) is 0. The van der Waals surface area contributed by atoms with Crippen molar-refractivity contribution in [3.8, 4) is 0 Å². The number of hydrogen-bond acceptors (Lipinski definition) is 4. The Morgan fingerprint density at radius 1 is 1.50 bits per heavy atom. The number of amides is 1. The van der Waals surface area contributed by atoms with Crippen molar-refractivity contribution >= 4 is 23.2 Å². The summed E-state index contributed by atoms with van der Waals surface area (Å²) < 4.78 is 5.25. The van der Waals surface area contributed by atoms with E-state index in [1.807, 2.05) is 18.4 Å². The molecule has 0 spiro atoms. The second-order valence-corrected chi connectivity index (χ2v) is 5.95. The molecule has 0 aromatic carbocycles. The zero-order chi connectivity index (χ0) is 14.5. The lowest BCUT2D eigenvalue weighted by atomic mass is 9.86. The number of nitrogens with one attached hydrogen (secondary N) is 1. The molecule has 2 N–H and O–H groups in total. The summed E-state index contributed by atoms with van der Waals surface area (Å²) in [5.74, 6) is -1.50. The van der Waals surface area contributed by atoms with Gasteiger partial charge in [0.2, 0.25) is 0 Å². The summed E-state index contributed by atoms with van der Waals surface area (Å²) in [6.45, 7) is 3.26. The number of carboxylic acid groups (broad SMARTS) is 1. The normalized spacial score (nSPS) is 17.6. The summed E-state index contributed by atoms with van der Waals surface area (Å²) in [5, 5.41) is 13.9. The van der Waals surface area contributed by atoms with Gasteiger partial charge in [0.25, 0.3) is 5.91 Å². The first kappa shape index (κ1) is 15.0. The van der Waals surface area contributed by atoms with Crippen LogP contribution >= 0.6 is 11.3 Å². The first-order valence-corrected chi connectivity index (χ1v) is 7.60. The molecule has 5 nitrogen and oxygen atoms in total. The molecule has 1 amide bonds. The zero-order valence-corrected chi connectivity index (χ0v) is 12.2. The maximum atomic E-state index is 12.0. The number of carbonyl (C=O) groups excluding carboxylic acids is 1. The Bertz CT molecular complexity index is 479. The van der Waals surface area contributed by atoms with E-state index in [1.165, 1.54) is 11.3 Å². The highest BCUT2D eigenvalue weighted by Gasteiger charge is 2.30. The third kappa shape index (κ3) is 3.58. The van der Waals surface area contributed by atoms with Gasteiger partial charge in [-0.3, -0.25) is 9.59 Å². The van der Waals surface area contributed by atoms with E-state index in [0.717, 1.165) is 18.4 Å². The van der Waals surface area contributed by atoms with E-state index in [9.17, 15) is 14.7 Å². The summed E-state index contributed by atoms with van der Waals surface area (Å²) in [4.78, 5) is 24.0. The molecule has 0 radical (unpaired) electrons. The molecular formula is C14H19NO4S. The van der Waals surface area contributed by atoms with Crippen LogP contribution in [0.2, 0.25) is 0 Å². The lowest BCUT2D eigenvalue weighted by Gasteiger charge is -2.27. The van der Waals surface area contributed by atoms with Gasteiger partial charge in [-0.1, -0.05) is 0 Å². The van der Waals surface area contributed by atoms with Gasteiger partial charge in [-0.15, -0.1) is 11.3 Å². The molecule has 2 rings (SSSR count). The summed E-state index contributed by atoms with van der Waals surface area (Å²) in [6.07, 6.45) is 1.48. The molecule has 1 unspecified atom stereocenters. The SMILES string of the molecule is Cc1ccsc1C(=O)NCC(C(=O)O)C1CCOCC1. The predicted octanol–water partition coefficient (Wildman–Crippen LogP) is 1.91. The first-order chi connectivity index (χ1) is 9.59. The molecule has 0 saturated carbocycles. The molecular weight excluding hydrogens is 278 g/mol. The maximum Gasteiger partial charge on any atom is 0.308 e. The number of ether oxygens (including phenoxy) is 1. The van der Waals surface area contributed by atoms with Gasteiger partial charge < -0.3 is 15.2 Å². The van der Waals surface area contributed by atoms with Gasteiger partial charge in [-0.05, 0) is 42.7 Å². The average Bonchev–Trinajstić information content (AvgIpc) is 2.86. The van der Waals surface area contributed by atoms with Crippen LogP contribution in [0.15, 0.2) is 11.4 Å². The van der Waals surface area contributed by atoms with Crippen molar-refractivity contribution in [2.45, 2.75) is 19.8 Å². The topological polar surface area (TPSA) is 75.6 Å². The minimum atomic E-state index is -0.847. The molecule has 20 heavy (non-hydrogen) atoms. The zero-order valence-electron chi connectivity index (χ0n) is 11.4. The highest BCUT2D eigenvalue weighted by molar-refractivity contribution is 7.12. The van der Waals surface area contributed by atoms with Crippen molar-refractivity contribution in [1.29, 1.82) is 0 Å². The number of aliphatic carboxylic acids is 1. The van der Waals surface area contributed by atoms with Gasteiger partial charge in [0.1, 0.15) is 0 Å². The van der Waals surface area contributed by atoms with Crippen LogP contribution in [-0.4, -0.2) is 36.7 Å². The number of carbonyl (C=O) groups is 2. The van der Waals surface area contributed by atoms with E-state index in [0.29, 0.717) is 18.1 Å². The van der Waals surface area contributed by atoms with E-state index in [2.05, 4.69) is 5.32 Å². The molecule has 1 aromatic rings. The van der Waals surface area contributed by atoms with Gasteiger partial charge >= 0.3 is 5.97 Å². The Morgan fingerprint density at radius 2 is 2.20 bits per heavy atom. The molecule has 0 bridgehead atoms. The number of rotatable bonds is 5. The Kier molecular flexibility index (Phi) is 5.14. The van der Waals surface area contributed by atoms with E-state index >= 15 is 0 Å². The molecule has 1 aliphatic heterocycles. The van der Waals surface area contributed by atoms with Crippen LogP contribution in [0.3, 0.4) is 0 Å². The Labute approximate surface area is 121 Å². The number of aryl methyl sites for hydroxylation is 1. The summed E-state index contributed by atoms with van der Waals surface area (Å²) in [5.41, 5.74) is 0.922. The maximum absolute atomic E-state index is 12.0. The standard InChI is InChI=1S/C14H19NO4S/c1-9-4-7-20-12(9)13(16)15-8-11(14(17)18)10-2-5-19-6-3-10/h4,7,10-11H,2-3,5-6,8H2,1H3,(H,15,16)(H,17,18). The van der Waals surface area contributed by atoms with Crippen molar-refractivity contribution in [1.82, 2.24) is 5.32 Å². The van der Waals surface area contributed by atoms with Crippen LogP contribution < -0.4 is 5.32 Å². The number of thiophene rings is 1. The van der Waals surface area contributed by atoms with Crippen LogP contribution in [-0.2, 0) is 9.53 Å². The van der Waals surface area contributed by atoms with E-state index in [-0.39, 0.29) is 18.4 Å². The Morgan fingerprint density at radius 3 is 2.75 bits per heavy atom. The third-order valence-electron chi connectivity index (χ3n) is 3.70. The van der Waals surface area contributed by atoms with Crippen LogP contribution in [0.25, 0.3) is 0 Å². The molecule has 6 heteroatoms. The van der Waals surface area contributed by atoms with Crippen molar-refractivity contribution in [2.24, 2.45) is 11.8 Å². The summed E-state index contributed by atoms with van der Waals surface area (Å²) >= 11 is 1.37. The Hall–Kier alpha value is -1.40. The van der Waals surface area contributed by atoms with Crippen LogP contribution in [0, 0.1) is 18.8 Å². The summed E-state index contributed by atoms with van der Waals surface area (Å²) in [6, 6.07) is 1.88. The van der Waals surface area contributed by atoms with Gasteiger partial charge in [0.15, 0.2) is 0 Å². The van der Waals surface area contributed by atoms with Crippen molar-refractivity contribution in [3.63, 3.8) is 0 Å². The minimum Gasteiger partial charge on any atom is -0.481 e. The van der Waals surface area contributed by atoms with Crippen molar-refractivity contribution in [2.75, 3.05) is 19.8 Å². The molecule has 1 aromatic heterocycles. The average molecular weight is 297 g/mol. The van der Waals surface area contributed by atoms with E-state index in [4.69, 9.17) is 4.74 Å². The minimum absolute atomic E-state index is 0.0750. The smallest absolute Gasteiger partial charge is 0.308 e. The number of hydrogen-bond donors (Lipinski definition) is 2. The fraction of sp³-hybridized carbons (Fsp3) is 0.571. The molecule has 110 valence electrons. The first-order valence-electron chi connectivity index (χ1n) is 6.72. The van der Waals surface area contributed by atoms with Crippen molar-refractivity contribution < 1.29 is 19.4 Å². The van der Waals surface area contributed by atoms with E-state index in [1.54, 1.807) is 0 Å². The molecule has 1 fully saturated rings. The largest absolute Gasteiger partial charge is 0.481 e. The number of carboxylic acids is 1. The molecule has 0 aliphatic carbocycles. The molecule has 1 aliphatic rings. The van der Waals surface area contributed by atoms with Gasteiger partial charge in [-0.2, -0.15) is 0 Å². The lowest BCUT2D eigenvalue weighted by Crippen LogP contribution is -2.38. The molecule has 1 atom stereocenters. The van der Waals surface area contributed by atoms with Crippen LogP contribution in [0.1, 0.15) is 28.1 Å². The van der Waals surface area contributed by atoms with Crippen molar-refractivity contribution in [3.05, 3.63) is 21.9 Å². The van der Waals surface area contributed by atoms with Crippen LogP contribution in [0.4, 0.5) is 0 Å². The lowest BCUT2D eigenvalue weighted by molar-refractivity contribution is -0.144. The highest BCUT2D eigenvalue weighted by atomic mass is 32.1. The third-order valence-corrected chi connectivity index (χ3v) is 4.72. The Balaban J connectivity index is 1.93. The second kappa shape index (κ2) is 6.85. The van der Waals surface area contributed by atoms with E-state index < -0.39 is 11.9 Å². The fourth-order valence-corrected chi connectivity index (χ4v) is 3.30. The van der Waals surface area contributed by atoms with Gasteiger partial charge in [-0.25, -0.2) is 0 Å². The quantitative estimate of drug-likeness (QED) is 0.870. The molecule has 2 heterocycles. The predicted molar refractivity (Wildman–Crippen MR) is 76.1 cm³/mol.